The summed E-state index contributed by atoms with van der Waals surface area (Å²) in [7, 11) is 0. The first-order valence-corrected chi connectivity index (χ1v) is 5.93. The van der Waals surface area contributed by atoms with Crippen LogP contribution in [0.4, 0.5) is 0 Å². The van der Waals surface area contributed by atoms with Crippen LogP contribution < -0.4 is 0 Å². The lowest BCUT2D eigenvalue weighted by Gasteiger charge is -2.24. The zero-order valence-corrected chi connectivity index (χ0v) is 10.1. The van der Waals surface area contributed by atoms with E-state index in [0.717, 1.165) is 22.1 Å². The maximum Gasteiger partial charge on any atom is 0.133 e. The van der Waals surface area contributed by atoms with Crippen LogP contribution in [0.2, 0.25) is 0 Å². The molecule has 0 aliphatic heterocycles. The Labute approximate surface area is 105 Å². The Morgan fingerprint density at radius 2 is 1.72 bits per heavy atom. The minimum atomic E-state index is -0.993. The average molecular weight is 238 g/mol. The lowest BCUT2D eigenvalue weighted by Crippen LogP contribution is -2.22. The highest BCUT2D eigenvalue weighted by Gasteiger charge is 2.25. The van der Waals surface area contributed by atoms with Crippen LogP contribution in [-0.2, 0) is 5.60 Å². The number of rotatable bonds is 2. The van der Waals surface area contributed by atoms with E-state index < -0.39 is 5.60 Å². The molecule has 1 unspecified atom stereocenters. The predicted molar refractivity (Wildman–Crippen MR) is 71.3 cm³/mol. The Bertz CT molecular complexity index is 666. The summed E-state index contributed by atoms with van der Waals surface area (Å²) >= 11 is 0. The van der Waals surface area contributed by atoms with Crippen molar-refractivity contribution in [3.05, 3.63) is 72.0 Å². The second kappa shape index (κ2) is 4.00. The third kappa shape index (κ3) is 1.71. The molecule has 3 aromatic rings. The number of fused-ring (bicyclic) bond motifs is 1. The number of hydrogen-bond acceptors (Lipinski definition) is 2. The Morgan fingerprint density at radius 1 is 0.944 bits per heavy atom. The van der Waals surface area contributed by atoms with Gasteiger partial charge in [0, 0.05) is 5.39 Å². The fourth-order valence-electron chi connectivity index (χ4n) is 2.20. The monoisotopic (exact) mass is 238 g/mol. The SMILES string of the molecule is CC(O)(c1ccccc1)c1ccc2occc2c1. The molecular formula is C16H14O2. The lowest BCUT2D eigenvalue weighted by atomic mass is 9.88. The zero-order chi connectivity index (χ0) is 12.6. The topological polar surface area (TPSA) is 33.4 Å². The van der Waals surface area contributed by atoms with E-state index in [0.29, 0.717) is 0 Å². The first-order valence-electron chi connectivity index (χ1n) is 5.93. The van der Waals surface area contributed by atoms with E-state index in [1.54, 1.807) is 6.26 Å². The molecule has 0 bridgehead atoms. The number of benzene rings is 2. The van der Waals surface area contributed by atoms with Gasteiger partial charge in [0.2, 0.25) is 0 Å². The molecule has 2 heteroatoms. The molecule has 0 spiro atoms. The number of furan rings is 1. The number of aliphatic hydroxyl groups is 1. The fourth-order valence-corrected chi connectivity index (χ4v) is 2.20. The van der Waals surface area contributed by atoms with Crippen molar-refractivity contribution < 1.29 is 9.52 Å². The van der Waals surface area contributed by atoms with Crippen LogP contribution in [0.5, 0.6) is 0 Å². The summed E-state index contributed by atoms with van der Waals surface area (Å²) < 4.78 is 5.31. The summed E-state index contributed by atoms with van der Waals surface area (Å²) in [5, 5.41) is 11.7. The quantitative estimate of drug-likeness (QED) is 0.738. The van der Waals surface area contributed by atoms with E-state index in [2.05, 4.69) is 0 Å². The van der Waals surface area contributed by atoms with Gasteiger partial charge < -0.3 is 9.52 Å². The second-order valence-electron chi connectivity index (χ2n) is 4.61. The molecule has 18 heavy (non-hydrogen) atoms. The van der Waals surface area contributed by atoms with Gasteiger partial charge in [-0.05, 0) is 36.2 Å². The van der Waals surface area contributed by atoms with Crippen LogP contribution in [0.1, 0.15) is 18.1 Å². The van der Waals surface area contributed by atoms with E-state index >= 15 is 0 Å². The van der Waals surface area contributed by atoms with E-state index in [-0.39, 0.29) is 0 Å². The van der Waals surface area contributed by atoms with Gasteiger partial charge in [-0.1, -0.05) is 36.4 Å². The molecule has 0 aliphatic rings. The zero-order valence-electron chi connectivity index (χ0n) is 10.1. The molecule has 2 nitrogen and oxygen atoms in total. The fraction of sp³-hybridized carbons (Fsp3) is 0.125. The van der Waals surface area contributed by atoms with Crippen molar-refractivity contribution in [2.45, 2.75) is 12.5 Å². The van der Waals surface area contributed by atoms with Crippen LogP contribution >= 0.6 is 0 Å². The van der Waals surface area contributed by atoms with Gasteiger partial charge in [0.15, 0.2) is 0 Å². The standard InChI is InChI=1S/C16H14O2/c1-16(17,13-5-3-2-4-6-13)14-7-8-15-12(11-14)9-10-18-15/h2-11,17H,1H3. The summed E-state index contributed by atoms with van der Waals surface area (Å²) in [6.45, 7) is 1.81. The Kier molecular flexibility index (Phi) is 2.46. The van der Waals surface area contributed by atoms with Gasteiger partial charge in [-0.3, -0.25) is 0 Å². The Morgan fingerprint density at radius 3 is 2.50 bits per heavy atom. The molecule has 1 heterocycles. The van der Waals surface area contributed by atoms with E-state index in [9.17, 15) is 5.11 Å². The van der Waals surface area contributed by atoms with Crippen LogP contribution in [-0.4, -0.2) is 5.11 Å². The molecule has 1 aromatic heterocycles. The summed E-state index contributed by atoms with van der Waals surface area (Å²) in [6, 6.07) is 17.3. The van der Waals surface area contributed by atoms with Crippen molar-refractivity contribution in [2.75, 3.05) is 0 Å². The summed E-state index contributed by atoms with van der Waals surface area (Å²) in [6.07, 6.45) is 1.66. The van der Waals surface area contributed by atoms with Gasteiger partial charge in [-0.25, -0.2) is 0 Å². The Balaban J connectivity index is 2.12. The van der Waals surface area contributed by atoms with Crippen molar-refractivity contribution in [3.63, 3.8) is 0 Å². The maximum absolute atomic E-state index is 10.7. The van der Waals surface area contributed by atoms with Crippen LogP contribution in [0.15, 0.2) is 65.3 Å². The third-order valence-corrected chi connectivity index (χ3v) is 3.35. The lowest BCUT2D eigenvalue weighted by molar-refractivity contribution is 0.102. The van der Waals surface area contributed by atoms with Crippen molar-refractivity contribution >= 4 is 11.0 Å². The maximum atomic E-state index is 10.7. The molecule has 0 fully saturated rings. The molecule has 0 amide bonds. The normalized spacial score (nSPS) is 14.6. The molecule has 3 rings (SSSR count). The van der Waals surface area contributed by atoms with Gasteiger partial charge >= 0.3 is 0 Å². The van der Waals surface area contributed by atoms with Gasteiger partial charge in [0.05, 0.1) is 6.26 Å². The van der Waals surface area contributed by atoms with Gasteiger partial charge in [0.25, 0.3) is 0 Å². The summed E-state index contributed by atoms with van der Waals surface area (Å²) in [4.78, 5) is 0. The molecule has 1 N–H and O–H groups in total. The summed E-state index contributed by atoms with van der Waals surface area (Å²) in [5.41, 5.74) is 1.59. The molecule has 2 aromatic carbocycles. The molecule has 0 radical (unpaired) electrons. The highest BCUT2D eigenvalue weighted by molar-refractivity contribution is 5.78. The minimum absolute atomic E-state index is 0.836. The van der Waals surface area contributed by atoms with Crippen molar-refractivity contribution in [2.24, 2.45) is 0 Å². The van der Waals surface area contributed by atoms with E-state index in [1.807, 2.05) is 61.5 Å². The van der Waals surface area contributed by atoms with Crippen molar-refractivity contribution in [1.29, 1.82) is 0 Å². The van der Waals surface area contributed by atoms with Gasteiger partial charge in [0.1, 0.15) is 11.2 Å². The molecule has 0 saturated heterocycles. The van der Waals surface area contributed by atoms with E-state index in [4.69, 9.17) is 4.42 Å². The van der Waals surface area contributed by atoms with Crippen LogP contribution in [0, 0.1) is 0 Å². The van der Waals surface area contributed by atoms with Crippen molar-refractivity contribution in [3.8, 4) is 0 Å². The molecule has 90 valence electrons. The molecular weight excluding hydrogens is 224 g/mol. The first kappa shape index (κ1) is 11.1. The highest BCUT2D eigenvalue weighted by Crippen LogP contribution is 2.31. The largest absolute Gasteiger partial charge is 0.464 e. The predicted octanol–water partition coefficient (Wildman–Crippen LogP) is 3.69. The van der Waals surface area contributed by atoms with E-state index in [1.165, 1.54) is 0 Å². The first-order chi connectivity index (χ1) is 8.68. The highest BCUT2D eigenvalue weighted by atomic mass is 16.3. The molecule has 0 saturated carbocycles. The van der Waals surface area contributed by atoms with Gasteiger partial charge in [-0.15, -0.1) is 0 Å². The van der Waals surface area contributed by atoms with Crippen LogP contribution in [0.3, 0.4) is 0 Å². The second-order valence-corrected chi connectivity index (χ2v) is 4.61. The van der Waals surface area contributed by atoms with Gasteiger partial charge in [-0.2, -0.15) is 0 Å². The molecule has 1 atom stereocenters. The Hall–Kier alpha value is -2.06. The average Bonchev–Trinajstić information content (AvgIpc) is 2.87. The minimum Gasteiger partial charge on any atom is -0.464 e. The summed E-state index contributed by atoms with van der Waals surface area (Å²) in [5.74, 6) is 0. The third-order valence-electron chi connectivity index (χ3n) is 3.35. The van der Waals surface area contributed by atoms with Crippen LogP contribution in [0.25, 0.3) is 11.0 Å². The van der Waals surface area contributed by atoms with Crippen molar-refractivity contribution in [1.82, 2.24) is 0 Å². The smallest absolute Gasteiger partial charge is 0.133 e. The number of hydrogen-bond donors (Lipinski definition) is 1. The molecule has 0 aliphatic carbocycles.